The highest BCUT2D eigenvalue weighted by atomic mass is 32.1. The molecule has 1 fully saturated rings. The van der Waals surface area contributed by atoms with E-state index in [1.165, 1.54) is 23.3 Å². The minimum atomic E-state index is 0.203. The molecule has 0 amide bonds. The molecular weight excluding hydrogens is 206 g/mol. The summed E-state index contributed by atoms with van der Waals surface area (Å²) in [6, 6.07) is 2.35. The second kappa shape index (κ2) is 5.10. The summed E-state index contributed by atoms with van der Waals surface area (Å²) in [5.74, 6) is 0. The van der Waals surface area contributed by atoms with E-state index in [2.05, 4.69) is 18.4 Å². The van der Waals surface area contributed by atoms with Gasteiger partial charge in [-0.1, -0.05) is 0 Å². The maximum absolute atomic E-state index is 6.17. The molecule has 1 aliphatic rings. The van der Waals surface area contributed by atoms with Crippen LogP contribution in [0.3, 0.4) is 0 Å². The van der Waals surface area contributed by atoms with E-state index in [0.29, 0.717) is 6.10 Å². The molecule has 0 aromatic carbocycles. The Hall–Kier alpha value is -0.380. The van der Waals surface area contributed by atoms with Gasteiger partial charge >= 0.3 is 0 Å². The van der Waals surface area contributed by atoms with Gasteiger partial charge in [-0.05, 0) is 49.6 Å². The largest absolute Gasteiger partial charge is 0.378 e. The van der Waals surface area contributed by atoms with Crippen LogP contribution in [-0.2, 0) is 4.74 Å². The van der Waals surface area contributed by atoms with Gasteiger partial charge in [0.05, 0.1) is 6.10 Å². The van der Waals surface area contributed by atoms with Crippen molar-refractivity contribution in [3.8, 4) is 0 Å². The molecule has 0 aliphatic carbocycles. The average Bonchev–Trinajstić information content (AvgIpc) is 2.84. The fourth-order valence-electron chi connectivity index (χ4n) is 2.13. The topological polar surface area (TPSA) is 35.2 Å². The molecule has 2 unspecified atom stereocenters. The Morgan fingerprint density at radius 2 is 2.53 bits per heavy atom. The molecule has 1 aliphatic heterocycles. The second-order valence-electron chi connectivity index (χ2n) is 4.29. The molecule has 2 atom stereocenters. The van der Waals surface area contributed by atoms with Crippen LogP contribution in [0.4, 0.5) is 0 Å². The fraction of sp³-hybridized carbons (Fsp3) is 0.667. The van der Waals surface area contributed by atoms with Crippen molar-refractivity contribution in [1.29, 1.82) is 0 Å². The van der Waals surface area contributed by atoms with Crippen molar-refractivity contribution in [3.63, 3.8) is 0 Å². The van der Waals surface area contributed by atoms with Crippen molar-refractivity contribution in [2.45, 2.75) is 44.8 Å². The van der Waals surface area contributed by atoms with Gasteiger partial charge in [-0.15, -0.1) is 11.3 Å². The first-order chi connectivity index (χ1) is 7.27. The zero-order valence-electron chi connectivity index (χ0n) is 9.24. The molecule has 2 heterocycles. The molecule has 1 saturated heterocycles. The third-order valence-corrected chi connectivity index (χ3v) is 4.21. The van der Waals surface area contributed by atoms with Gasteiger partial charge in [0.25, 0.3) is 0 Å². The fourth-order valence-corrected chi connectivity index (χ4v) is 3.10. The third kappa shape index (κ3) is 2.80. The minimum absolute atomic E-state index is 0.203. The molecule has 3 heteroatoms. The lowest BCUT2D eigenvalue weighted by atomic mass is 10.0. The molecule has 84 valence electrons. The first-order valence-corrected chi connectivity index (χ1v) is 6.56. The van der Waals surface area contributed by atoms with Crippen molar-refractivity contribution in [2.75, 3.05) is 6.61 Å². The summed E-state index contributed by atoms with van der Waals surface area (Å²) in [5, 5.41) is 2.12. The van der Waals surface area contributed by atoms with Crippen LogP contribution < -0.4 is 5.73 Å². The monoisotopic (exact) mass is 225 g/mol. The van der Waals surface area contributed by atoms with E-state index in [1.54, 1.807) is 11.3 Å². The van der Waals surface area contributed by atoms with Crippen LogP contribution >= 0.6 is 11.3 Å². The van der Waals surface area contributed by atoms with E-state index in [9.17, 15) is 0 Å². The van der Waals surface area contributed by atoms with E-state index in [4.69, 9.17) is 10.5 Å². The molecule has 15 heavy (non-hydrogen) atoms. The highest BCUT2D eigenvalue weighted by molar-refractivity contribution is 7.10. The second-order valence-corrected chi connectivity index (χ2v) is 5.23. The van der Waals surface area contributed by atoms with Crippen LogP contribution in [0.1, 0.15) is 42.2 Å². The molecule has 0 radical (unpaired) electrons. The predicted octanol–water partition coefficient (Wildman–Crippen LogP) is 3.02. The first-order valence-electron chi connectivity index (χ1n) is 5.68. The highest BCUT2D eigenvalue weighted by Gasteiger charge is 2.18. The summed E-state index contributed by atoms with van der Waals surface area (Å²) in [5.41, 5.74) is 7.51. The molecule has 2 N–H and O–H groups in total. The Morgan fingerprint density at radius 3 is 3.13 bits per heavy atom. The summed E-state index contributed by atoms with van der Waals surface area (Å²) in [6.07, 6.45) is 5.06. The summed E-state index contributed by atoms with van der Waals surface area (Å²) in [6.45, 7) is 3.08. The first kappa shape index (κ1) is 11.1. The standard InChI is InChI=1S/C12H19NOS/c1-9-6-8-15-12(9)11(13)5-4-10-3-2-7-14-10/h6,8,10-11H,2-5,7,13H2,1H3. The zero-order chi connectivity index (χ0) is 10.7. The Morgan fingerprint density at radius 1 is 1.67 bits per heavy atom. The van der Waals surface area contributed by atoms with Crippen LogP contribution in [0.5, 0.6) is 0 Å². The molecular formula is C12H19NOS. The Balaban J connectivity index is 1.81. The van der Waals surface area contributed by atoms with Gasteiger partial charge in [-0.2, -0.15) is 0 Å². The van der Waals surface area contributed by atoms with Gasteiger partial charge in [-0.3, -0.25) is 0 Å². The number of rotatable bonds is 4. The number of hydrogen-bond donors (Lipinski definition) is 1. The van der Waals surface area contributed by atoms with Gasteiger partial charge < -0.3 is 10.5 Å². The highest BCUT2D eigenvalue weighted by Crippen LogP contribution is 2.27. The van der Waals surface area contributed by atoms with Gasteiger partial charge in [0, 0.05) is 17.5 Å². The number of thiophene rings is 1. The van der Waals surface area contributed by atoms with Crippen LogP contribution in [0.25, 0.3) is 0 Å². The van der Waals surface area contributed by atoms with Crippen LogP contribution in [0, 0.1) is 6.92 Å². The number of hydrogen-bond acceptors (Lipinski definition) is 3. The van der Waals surface area contributed by atoms with Gasteiger partial charge in [0.1, 0.15) is 0 Å². The smallest absolute Gasteiger partial charge is 0.0576 e. The summed E-state index contributed by atoms with van der Waals surface area (Å²) in [4.78, 5) is 1.34. The number of ether oxygens (including phenoxy) is 1. The van der Waals surface area contributed by atoms with E-state index < -0.39 is 0 Å². The molecule has 0 bridgehead atoms. The lowest BCUT2D eigenvalue weighted by Crippen LogP contribution is -2.14. The van der Waals surface area contributed by atoms with E-state index >= 15 is 0 Å². The molecule has 2 rings (SSSR count). The van der Waals surface area contributed by atoms with Crippen LogP contribution in [0.2, 0.25) is 0 Å². The zero-order valence-corrected chi connectivity index (χ0v) is 10.1. The van der Waals surface area contributed by atoms with Crippen LogP contribution in [-0.4, -0.2) is 12.7 Å². The third-order valence-electron chi connectivity index (χ3n) is 3.06. The van der Waals surface area contributed by atoms with Crippen molar-refractivity contribution < 1.29 is 4.74 Å². The molecule has 1 aromatic rings. The summed E-state index contributed by atoms with van der Waals surface area (Å²) < 4.78 is 5.60. The summed E-state index contributed by atoms with van der Waals surface area (Å²) in [7, 11) is 0. The van der Waals surface area contributed by atoms with E-state index in [-0.39, 0.29) is 6.04 Å². The number of aryl methyl sites for hydroxylation is 1. The Labute approximate surface area is 95.4 Å². The van der Waals surface area contributed by atoms with Gasteiger partial charge in [0.15, 0.2) is 0 Å². The average molecular weight is 225 g/mol. The maximum Gasteiger partial charge on any atom is 0.0576 e. The normalized spacial score (nSPS) is 23.2. The SMILES string of the molecule is Cc1ccsc1C(N)CCC1CCCO1. The summed E-state index contributed by atoms with van der Waals surface area (Å²) >= 11 is 1.77. The lowest BCUT2D eigenvalue weighted by molar-refractivity contribution is 0.101. The number of nitrogens with two attached hydrogens (primary N) is 1. The maximum atomic E-state index is 6.17. The van der Waals surface area contributed by atoms with Crippen molar-refractivity contribution in [2.24, 2.45) is 5.73 Å². The molecule has 1 aromatic heterocycles. The molecule has 0 saturated carbocycles. The molecule has 0 spiro atoms. The Bertz CT molecular complexity index is 304. The van der Waals surface area contributed by atoms with E-state index in [0.717, 1.165) is 19.4 Å². The molecule has 2 nitrogen and oxygen atoms in total. The van der Waals surface area contributed by atoms with Crippen molar-refractivity contribution >= 4 is 11.3 Å². The predicted molar refractivity (Wildman–Crippen MR) is 64.2 cm³/mol. The Kier molecular flexibility index (Phi) is 3.78. The quantitative estimate of drug-likeness (QED) is 0.855. The van der Waals surface area contributed by atoms with Crippen molar-refractivity contribution in [1.82, 2.24) is 0 Å². The van der Waals surface area contributed by atoms with E-state index in [1.807, 2.05) is 0 Å². The van der Waals surface area contributed by atoms with Gasteiger partial charge in [-0.25, -0.2) is 0 Å². The van der Waals surface area contributed by atoms with Crippen LogP contribution in [0.15, 0.2) is 11.4 Å². The van der Waals surface area contributed by atoms with Gasteiger partial charge in [0.2, 0.25) is 0 Å². The minimum Gasteiger partial charge on any atom is -0.378 e. The lowest BCUT2D eigenvalue weighted by Gasteiger charge is -2.14. The van der Waals surface area contributed by atoms with Crippen molar-refractivity contribution in [3.05, 3.63) is 21.9 Å².